The van der Waals surface area contributed by atoms with Crippen molar-refractivity contribution in [3.8, 4) is 0 Å². The fourth-order valence-electron chi connectivity index (χ4n) is 2.40. The molecule has 0 aliphatic heterocycles. The van der Waals surface area contributed by atoms with Crippen molar-refractivity contribution in [1.82, 2.24) is 5.32 Å². The number of carbonyl (C=O) groups is 2. The van der Waals surface area contributed by atoms with Crippen LogP contribution in [0.1, 0.15) is 39.5 Å². The number of benzene rings is 1. The summed E-state index contributed by atoms with van der Waals surface area (Å²) in [5.41, 5.74) is -1.18. The first-order valence-electron chi connectivity index (χ1n) is 7.38. The lowest BCUT2D eigenvalue weighted by atomic mass is 9.90. The Morgan fingerprint density at radius 1 is 1.09 bits per heavy atom. The Kier molecular flexibility index (Phi) is 4.78. The van der Waals surface area contributed by atoms with Crippen molar-refractivity contribution in [2.75, 3.05) is 5.32 Å². The molecule has 4 nitrogen and oxygen atoms in total. The number of hydrogen-bond acceptors (Lipinski definition) is 2. The minimum Gasteiger partial charge on any atom is -0.352 e. The highest BCUT2D eigenvalue weighted by Crippen LogP contribution is 2.23. The Morgan fingerprint density at radius 3 is 2.32 bits per heavy atom. The van der Waals surface area contributed by atoms with Gasteiger partial charge in [0.25, 0.3) is 0 Å². The van der Waals surface area contributed by atoms with Crippen molar-refractivity contribution >= 4 is 17.5 Å². The summed E-state index contributed by atoms with van der Waals surface area (Å²) in [4.78, 5) is 24.5. The van der Waals surface area contributed by atoms with E-state index in [9.17, 15) is 18.4 Å². The third kappa shape index (κ3) is 3.61. The predicted octanol–water partition coefficient (Wildman–Crippen LogP) is 2.99. The normalized spacial score (nSPS) is 15.6. The number of amides is 2. The maximum absolute atomic E-state index is 13.1. The molecule has 2 amide bonds. The fraction of sp³-hybridized carbons (Fsp3) is 0.500. The van der Waals surface area contributed by atoms with Gasteiger partial charge in [0.05, 0.1) is 0 Å². The molecule has 0 aromatic heterocycles. The van der Waals surface area contributed by atoms with Crippen LogP contribution in [0.4, 0.5) is 14.5 Å². The van der Waals surface area contributed by atoms with Gasteiger partial charge in [-0.1, -0.05) is 12.8 Å². The van der Waals surface area contributed by atoms with Gasteiger partial charge >= 0.3 is 0 Å². The number of rotatable bonds is 4. The average Bonchev–Trinajstić information content (AvgIpc) is 2.95. The van der Waals surface area contributed by atoms with E-state index in [1.54, 1.807) is 0 Å². The molecule has 1 aromatic carbocycles. The van der Waals surface area contributed by atoms with Gasteiger partial charge in [0.2, 0.25) is 11.8 Å². The molecule has 2 rings (SSSR count). The molecular weight excluding hydrogens is 290 g/mol. The number of anilines is 1. The highest BCUT2D eigenvalue weighted by Gasteiger charge is 2.37. The van der Waals surface area contributed by atoms with Gasteiger partial charge in [-0.2, -0.15) is 0 Å². The van der Waals surface area contributed by atoms with Crippen molar-refractivity contribution in [1.29, 1.82) is 0 Å². The minimum atomic E-state index is -1.30. The topological polar surface area (TPSA) is 58.2 Å². The SMILES string of the molecule is CC(C)(C(=O)Nc1ccc(F)c(F)c1)C(=O)NC1CCCC1. The van der Waals surface area contributed by atoms with Crippen LogP contribution in [0.2, 0.25) is 0 Å². The quantitative estimate of drug-likeness (QED) is 0.840. The van der Waals surface area contributed by atoms with Gasteiger partial charge in [0, 0.05) is 17.8 Å². The summed E-state index contributed by atoms with van der Waals surface area (Å²) < 4.78 is 26.0. The van der Waals surface area contributed by atoms with Crippen molar-refractivity contribution in [3.63, 3.8) is 0 Å². The van der Waals surface area contributed by atoms with Gasteiger partial charge in [0.15, 0.2) is 11.6 Å². The van der Waals surface area contributed by atoms with Gasteiger partial charge < -0.3 is 10.6 Å². The van der Waals surface area contributed by atoms with Crippen LogP contribution < -0.4 is 10.6 Å². The van der Waals surface area contributed by atoms with Crippen LogP contribution in [0.15, 0.2) is 18.2 Å². The molecule has 0 spiro atoms. The standard InChI is InChI=1S/C16H20F2N2O2/c1-16(2,14(21)19-10-5-3-4-6-10)15(22)20-11-7-8-12(17)13(18)9-11/h7-10H,3-6H2,1-2H3,(H,19,21)(H,20,22). The molecule has 0 unspecified atom stereocenters. The molecule has 0 atom stereocenters. The average molecular weight is 310 g/mol. The molecule has 22 heavy (non-hydrogen) atoms. The molecule has 1 aromatic rings. The molecule has 2 N–H and O–H groups in total. The number of halogens is 2. The fourth-order valence-corrected chi connectivity index (χ4v) is 2.40. The molecule has 1 fully saturated rings. The first kappa shape index (κ1) is 16.4. The molecule has 6 heteroatoms. The first-order valence-corrected chi connectivity index (χ1v) is 7.38. The molecule has 0 saturated heterocycles. The first-order chi connectivity index (χ1) is 10.3. The smallest absolute Gasteiger partial charge is 0.239 e. The zero-order valence-corrected chi connectivity index (χ0v) is 12.7. The largest absolute Gasteiger partial charge is 0.352 e. The maximum Gasteiger partial charge on any atom is 0.239 e. The molecule has 0 heterocycles. The van der Waals surface area contributed by atoms with E-state index in [0.717, 1.165) is 37.8 Å². The van der Waals surface area contributed by atoms with Crippen LogP contribution in [-0.2, 0) is 9.59 Å². The van der Waals surface area contributed by atoms with Crippen LogP contribution in [-0.4, -0.2) is 17.9 Å². The highest BCUT2D eigenvalue weighted by atomic mass is 19.2. The molecule has 0 radical (unpaired) electrons. The summed E-state index contributed by atoms with van der Waals surface area (Å²) in [5, 5.41) is 5.32. The summed E-state index contributed by atoms with van der Waals surface area (Å²) >= 11 is 0. The van der Waals surface area contributed by atoms with Crippen LogP contribution in [0.3, 0.4) is 0 Å². The lowest BCUT2D eigenvalue weighted by molar-refractivity contribution is -0.138. The van der Waals surface area contributed by atoms with E-state index in [4.69, 9.17) is 0 Å². The number of nitrogens with one attached hydrogen (secondary N) is 2. The van der Waals surface area contributed by atoms with Crippen LogP contribution in [0.25, 0.3) is 0 Å². The van der Waals surface area contributed by atoms with Crippen molar-refractivity contribution in [3.05, 3.63) is 29.8 Å². The van der Waals surface area contributed by atoms with Gasteiger partial charge in [-0.15, -0.1) is 0 Å². The second-order valence-corrected chi connectivity index (χ2v) is 6.16. The number of carbonyl (C=O) groups excluding carboxylic acids is 2. The third-order valence-corrected chi connectivity index (χ3v) is 4.00. The summed E-state index contributed by atoms with van der Waals surface area (Å²) in [5.74, 6) is -2.96. The molecule has 1 aliphatic carbocycles. The van der Waals surface area contributed by atoms with Crippen LogP contribution in [0.5, 0.6) is 0 Å². The van der Waals surface area contributed by atoms with Gasteiger partial charge in [-0.3, -0.25) is 9.59 Å². The van der Waals surface area contributed by atoms with Crippen molar-refractivity contribution in [2.24, 2.45) is 5.41 Å². The van der Waals surface area contributed by atoms with E-state index in [-0.39, 0.29) is 17.6 Å². The van der Waals surface area contributed by atoms with E-state index in [0.29, 0.717) is 0 Å². The van der Waals surface area contributed by atoms with E-state index in [1.807, 2.05) is 0 Å². The van der Waals surface area contributed by atoms with Crippen molar-refractivity contribution in [2.45, 2.75) is 45.6 Å². The Bertz CT molecular complexity index is 582. The Hall–Kier alpha value is -1.98. The highest BCUT2D eigenvalue weighted by molar-refractivity contribution is 6.09. The molecule has 120 valence electrons. The van der Waals surface area contributed by atoms with Crippen LogP contribution in [0, 0.1) is 17.0 Å². The van der Waals surface area contributed by atoms with E-state index >= 15 is 0 Å². The van der Waals surface area contributed by atoms with E-state index in [1.165, 1.54) is 19.9 Å². The number of hydrogen-bond donors (Lipinski definition) is 2. The Balaban J connectivity index is 2.02. The van der Waals surface area contributed by atoms with E-state index < -0.39 is 23.0 Å². The Labute approximate surface area is 128 Å². The maximum atomic E-state index is 13.1. The molecule has 1 aliphatic rings. The van der Waals surface area contributed by atoms with Gasteiger partial charge in [-0.25, -0.2) is 8.78 Å². The summed E-state index contributed by atoms with van der Waals surface area (Å²) in [6.07, 6.45) is 4.00. The molecule has 1 saturated carbocycles. The van der Waals surface area contributed by atoms with Crippen molar-refractivity contribution < 1.29 is 18.4 Å². The third-order valence-electron chi connectivity index (χ3n) is 4.00. The second-order valence-electron chi connectivity index (χ2n) is 6.16. The monoisotopic (exact) mass is 310 g/mol. The summed E-state index contributed by atoms with van der Waals surface area (Å²) in [6.45, 7) is 3.01. The summed E-state index contributed by atoms with van der Waals surface area (Å²) in [6, 6.07) is 3.18. The zero-order chi connectivity index (χ0) is 16.3. The van der Waals surface area contributed by atoms with E-state index in [2.05, 4.69) is 10.6 Å². The molecule has 0 bridgehead atoms. The van der Waals surface area contributed by atoms with Gasteiger partial charge in [-0.05, 0) is 38.8 Å². The lowest BCUT2D eigenvalue weighted by Gasteiger charge is -2.25. The lowest BCUT2D eigenvalue weighted by Crippen LogP contribution is -2.47. The van der Waals surface area contributed by atoms with Gasteiger partial charge in [0.1, 0.15) is 5.41 Å². The Morgan fingerprint density at radius 2 is 1.73 bits per heavy atom. The zero-order valence-electron chi connectivity index (χ0n) is 12.7. The predicted molar refractivity (Wildman–Crippen MR) is 79.2 cm³/mol. The molecular formula is C16H20F2N2O2. The second kappa shape index (κ2) is 6.42. The summed E-state index contributed by atoms with van der Waals surface area (Å²) in [7, 11) is 0. The van der Waals surface area contributed by atoms with Crippen LogP contribution >= 0.6 is 0 Å². The minimum absolute atomic E-state index is 0.114.